The van der Waals surface area contributed by atoms with Crippen molar-refractivity contribution in [2.45, 2.75) is 38.6 Å². The Balaban J connectivity index is 0.00000240. The molecule has 8 heteroatoms. The lowest BCUT2D eigenvalue weighted by Crippen LogP contribution is -2.28. The maximum absolute atomic E-state index is 10.4. The molecule has 1 aliphatic carbocycles. The fourth-order valence-corrected chi connectivity index (χ4v) is 4.51. The average Bonchev–Trinajstić information content (AvgIpc) is 3.11. The quantitative estimate of drug-likeness (QED) is 0.524. The van der Waals surface area contributed by atoms with Crippen LogP contribution in [0.15, 0.2) is 42.5 Å². The molecule has 154 valence electrons. The van der Waals surface area contributed by atoms with Gasteiger partial charge in [0.25, 0.3) is 0 Å². The first kappa shape index (κ1) is 22.4. The molecule has 4 rings (SSSR count). The largest absolute Gasteiger partial charge is 0.391 e. The Labute approximate surface area is 191 Å². The van der Waals surface area contributed by atoms with E-state index in [2.05, 4.69) is 22.5 Å². The summed E-state index contributed by atoms with van der Waals surface area (Å²) >= 11 is 18.9. The third-order valence-corrected chi connectivity index (χ3v) is 6.23. The van der Waals surface area contributed by atoms with E-state index in [1.54, 1.807) is 16.8 Å². The highest BCUT2D eigenvalue weighted by molar-refractivity contribution is 6.35. The number of benzene rings is 2. The fraction of sp³-hybridized carbons (Fsp3) is 0.286. The number of aliphatic hydroxyl groups is 1. The Morgan fingerprint density at radius 3 is 2.69 bits per heavy atom. The molecule has 0 radical (unpaired) electrons. The average molecular weight is 473 g/mol. The minimum Gasteiger partial charge on any atom is -0.391 e. The van der Waals surface area contributed by atoms with Gasteiger partial charge in [0.2, 0.25) is 0 Å². The molecule has 0 bridgehead atoms. The van der Waals surface area contributed by atoms with E-state index in [9.17, 15) is 5.11 Å². The van der Waals surface area contributed by atoms with Gasteiger partial charge in [0, 0.05) is 28.6 Å². The summed E-state index contributed by atoms with van der Waals surface area (Å²) < 4.78 is 1.74. The van der Waals surface area contributed by atoms with Gasteiger partial charge in [-0.05, 0) is 35.7 Å². The Morgan fingerprint density at radius 2 is 1.93 bits per heavy atom. The van der Waals surface area contributed by atoms with E-state index in [0.717, 1.165) is 22.4 Å². The predicted octanol–water partition coefficient (Wildman–Crippen LogP) is 5.37. The summed E-state index contributed by atoms with van der Waals surface area (Å²) in [5.41, 5.74) is 4.99. The zero-order valence-electron chi connectivity index (χ0n) is 15.7. The van der Waals surface area contributed by atoms with Gasteiger partial charge in [-0.1, -0.05) is 65.1 Å². The molecule has 29 heavy (non-hydrogen) atoms. The Morgan fingerprint density at radius 1 is 1.17 bits per heavy atom. The topological polar surface area (TPSA) is 50.1 Å². The second-order valence-corrected chi connectivity index (χ2v) is 8.28. The van der Waals surface area contributed by atoms with Crippen LogP contribution in [0.4, 0.5) is 0 Å². The first-order valence-corrected chi connectivity index (χ1v) is 10.2. The minimum atomic E-state index is -0.445. The van der Waals surface area contributed by atoms with Crippen LogP contribution in [-0.4, -0.2) is 21.0 Å². The van der Waals surface area contributed by atoms with E-state index < -0.39 is 6.10 Å². The van der Waals surface area contributed by atoms with Gasteiger partial charge in [-0.25, -0.2) is 4.68 Å². The molecule has 1 aliphatic rings. The first-order valence-electron chi connectivity index (χ1n) is 9.09. The van der Waals surface area contributed by atoms with Gasteiger partial charge in [-0.3, -0.25) is 0 Å². The van der Waals surface area contributed by atoms with Crippen molar-refractivity contribution in [2.75, 3.05) is 0 Å². The maximum atomic E-state index is 10.4. The summed E-state index contributed by atoms with van der Waals surface area (Å²) in [5, 5.41) is 20.2. The number of hydrogen-bond acceptors (Lipinski definition) is 3. The molecule has 2 atom stereocenters. The van der Waals surface area contributed by atoms with E-state index in [1.807, 2.05) is 25.1 Å². The molecule has 0 unspecified atom stereocenters. The summed E-state index contributed by atoms with van der Waals surface area (Å²) in [6, 6.07) is 13.4. The van der Waals surface area contributed by atoms with E-state index in [0.29, 0.717) is 34.7 Å². The van der Waals surface area contributed by atoms with Crippen LogP contribution in [0, 0.1) is 6.92 Å². The van der Waals surface area contributed by atoms with Crippen molar-refractivity contribution in [3.63, 3.8) is 0 Å². The zero-order chi connectivity index (χ0) is 19.8. The number of hydrogen-bond donors (Lipinski definition) is 2. The zero-order valence-corrected chi connectivity index (χ0v) is 18.8. The third-order valence-electron chi connectivity index (χ3n) is 5.22. The van der Waals surface area contributed by atoms with Crippen molar-refractivity contribution in [3.8, 4) is 0 Å². The van der Waals surface area contributed by atoms with Gasteiger partial charge in [0.1, 0.15) is 5.15 Å². The van der Waals surface area contributed by atoms with Crippen LogP contribution < -0.4 is 5.32 Å². The fourth-order valence-electron chi connectivity index (χ4n) is 3.74. The first-order chi connectivity index (χ1) is 13.4. The molecular formula is C21H21Cl4N3O. The second-order valence-electron chi connectivity index (χ2n) is 7.08. The van der Waals surface area contributed by atoms with E-state index in [4.69, 9.17) is 34.8 Å². The van der Waals surface area contributed by atoms with Crippen molar-refractivity contribution >= 4 is 47.2 Å². The normalized spacial score (nSPS) is 17.8. The van der Waals surface area contributed by atoms with Crippen molar-refractivity contribution in [1.82, 2.24) is 15.1 Å². The summed E-state index contributed by atoms with van der Waals surface area (Å²) in [6.45, 7) is 2.92. The van der Waals surface area contributed by atoms with Crippen molar-refractivity contribution < 1.29 is 5.11 Å². The summed E-state index contributed by atoms with van der Waals surface area (Å²) in [6.07, 6.45) is 0.217. The minimum absolute atomic E-state index is 0. The number of rotatable bonds is 5. The van der Waals surface area contributed by atoms with Crippen LogP contribution in [0.5, 0.6) is 0 Å². The molecule has 1 aromatic heterocycles. The van der Waals surface area contributed by atoms with Crippen LogP contribution in [0.1, 0.15) is 34.0 Å². The highest BCUT2D eigenvalue weighted by Crippen LogP contribution is 2.32. The van der Waals surface area contributed by atoms with Gasteiger partial charge in [-0.2, -0.15) is 5.10 Å². The van der Waals surface area contributed by atoms with Gasteiger partial charge in [0.15, 0.2) is 0 Å². The number of aryl methyl sites for hydroxylation is 1. The maximum Gasteiger partial charge on any atom is 0.132 e. The monoisotopic (exact) mass is 471 g/mol. The SMILES string of the molecule is Cc1nn(Cc2ccc(Cl)cc2Cl)c(Cl)c1CN[C@H]1c2ccccc2C[C@H]1O.Cl. The number of aliphatic hydroxyl groups excluding tert-OH is 1. The van der Waals surface area contributed by atoms with Crippen LogP contribution in [-0.2, 0) is 19.5 Å². The number of halogens is 4. The van der Waals surface area contributed by atoms with Crippen LogP contribution in [0.25, 0.3) is 0 Å². The second kappa shape index (κ2) is 9.25. The molecule has 0 saturated heterocycles. The molecule has 4 nitrogen and oxygen atoms in total. The predicted molar refractivity (Wildman–Crippen MR) is 121 cm³/mol. The lowest BCUT2D eigenvalue weighted by atomic mass is 10.1. The molecule has 0 fully saturated rings. The van der Waals surface area contributed by atoms with Crippen molar-refractivity contribution in [3.05, 3.63) is 85.6 Å². The van der Waals surface area contributed by atoms with E-state index in [-0.39, 0.29) is 18.4 Å². The molecule has 0 saturated carbocycles. The Bertz CT molecular complexity index is 1020. The Hall–Kier alpha value is -1.27. The van der Waals surface area contributed by atoms with E-state index in [1.165, 1.54) is 5.56 Å². The summed E-state index contributed by atoms with van der Waals surface area (Å²) in [4.78, 5) is 0. The molecule has 2 aromatic carbocycles. The molecular weight excluding hydrogens is 452 g/mol. The van der Waals surface area contributed by atoms with Crippen molar-refractivity contribution in [1.29, 1.82) is 0 Å². The molecule has 2 N–H and O–H groups in total. The third kappa shape index (κ3) is 4.58. The van der Waals surface area contributed by atoms with Crippen molar-refractivity contribution in [2.24, 2.45) is 0 Å². The highest BCUT2D eigenvalue weighted by Gasteiger charge is 2.30. The van der Waals surface area contributed by atoms with Crippen LogP contribution in [0.2, 0.25) is 15.2 Å². The number of nitrogens with one attached hydrogen (secondary N) is 1. The smallest absolute Gasteiger partial charge is 0.132 e. The number of aromatic nitrogens is 2. The van der Waals surface area contributed by atoms with Gasteiger partial charge < -0.3 is 10.4 Å². The molecule has 0 aliphatic heterocycles. The van der Waals surface area contributed by atoms with Gasteiger partial charge in [-0.15, -0.1) is 12.4 Å². The highest BCUT2D eigenvalue weighted by atomic mass is 35.5. The number of nitrogens with zero attached hydrogens (tertiary/aromatic N) is 2. The summed E-state index contributed by atoms with van der Waals surface area (Å²) in [5.74, 6) is 0. The van der Waals surface area contributed by atoms with E-state index >= 15 is 0 Å². The molecule has 0 amide bonds. The Kier molecular flexibility index (Phi) is 7.15. The van der Waals surface area contributed by atoms with Gasteiger partial charge in [0.05, 0.1) is 24.4 Å². The van der Waals surface area contributed by atoms with Gasteiger partial charge >= 0.3 is 0 Å². The lowest BCUT2D eigenvalue weighted by Gasteiger charge is -2.18. The molecule has 3 aromatic rings. The molecule has 0 spiro atoms. The summed E-state index contributed by atoms with van der Waals surface area (Å²) in [7, 11) is 0. The van der Waals surface area contributed by atoms with Crippen LogP contribution >= 0.6 is 47.2 Å². The van der Waals surface area contributed by atoms with Crippen LogP contribution in [0.3, 0.4) is 0 Å². The lowest BCUT2D eigenvalue weighted by molar-refractivity contribution is 0.140. The molecule has 1 heterocycles. The standard InChI is InChI=1S/C21H20Cl3N3O.ClH/c1-12-17(10-25-20-16-5-3-2-4-13(16)8-19(20)28)21(24)27(26-12)11-14-6-7-15(22)9-18(14)23;/h2-7,9,19-20,25,28H,8,10-11H2,1H3;1H/t19-,20+;/m1./s1. The number of fused-ring (bicyclic) bond motifs is 1.